The van der Waals surface area contributed by atoms with E-state index in [4.69, 9.17) is 0 Å². The lowest BCUT2D eigenvalue weighted by molar-refractivity contribution is 0.107. The third-order valence-electron chi connectivity index (χ3n) is 5.21. The summed E-state index contributed by atoms with van der Waals surface area (Å²) in [5.41, 5.74) is 1.91. The topological polar surface area (TPSA) is 3.24 Å². The molecule has 2 atom stereocenters. The highest BCUT2D eigenvalue weighted by molar-refractivity contribution is 8.93. The molecule has 0 aromatic heterocycles. The highest BCUT2D eigenvalue weighted by atomic mass is 79.9. The average Bonchev–Trinajstić information content (AvgIpc) is 3.19. The van der Waals surface area contributed by atoms with Crippen molar-refractivity contribution in [3.63, 3.8) is 0 Å². The fraction of sp³-hybridized carbons (Fsp3) is 0.647. The van der Waals surface area contributed by atoms with Crippen molar-refractivity contribution in [2.45, 2.75) is 38.5 Å². The lowest BCUT2D eigenvalue weighted by Crippen LogP contribution is -2.47. The van der Waals surface area contributed by atoms with E-state index in [1.54, 1.807) is 0 Å². The fourth-order valence-electron chi connectivity index (χ4n) is 3.40. The van der Waals surface area contributed by atoms with Crippen LogP contribution in [0.2, 0.25) is 0 Å². The molecule has 1 heterocycles. The van der Waals surface area contributed by atoms with E-state index in [2.05, 4.69) is 49.1 Å². The van der Waals surface area contributed by atoms with Crippen LogP contribution in [0.1, 0.15) is 38.7 Å². The van der Waals surface area contributed by atoms with Crippen LogP contribution in [0.4, 0.5) is 0 Å². The Bertz CT molecular complexity index is 401. The lowest BCUT2D eigenvalue weighted by atomic mass is 9.68. The van der Waals surface area contributed by atoms with Crippen LogP contribution in [-0.2, 0) is 5.41 Å². The van der Waals surface area contributed by atoms with Crippen LogP contribution in [-0.4, -0.2) is 24.5 Å². The van der Waals surface area contributed by atoms with E-state index in [1.807, 2.05) is 0 Å². The van der Waals surface area contributed by atoms with Crippen molar-refractivity contribution in [2.24, 2.45) is 11.8 Å². The van der Waals surface area contributed by atoms with E-state index < -0.39 is 0 Å². The first-order chi connectivity index (χ1) is 8.68. The van der Waals surface area contributed by atoms with Crippen LogP contribution >= 0.6 is 17.0 Å². The highest BCUT2D eigenvalue weighted by Gasteiger charge is 2.38. The predicted molar refractivity (Wildman–Crippen MR) is 87.1 cm³/mol. The van der Waals surface area contributed by atoms with E-state index in [9.17, 15) is 0 Å². The summed E-state index contributed by atoms with van der Waals surface area (Å²) in [6.45, 7) is 8.82. The number of benzene rings is 1. The van der Waals surface area contributed by atoms with E-state index in [0.717, 1.165) is 11.8 Å². The van der Waals surface area contributed by atoms with Crippen molar-refractivity contribution >= 4 is 17.0 Å². The molecule has 2 unspecified atom stereocenters. The van der Waals surface area contributed by atoms with Gasteiger partial charge in [-0.2, -0.15) is 0 Å². The molecule has 1 saturated carbocycles. The van der Waals surface area contributed by atoms with Gasteiger partial charge in [-0.25, -0.2) is 0 Å². The minimum absolute atomic E-state index is 0. The molecule has 0 amide bonds. The summed E-state index contributed by atoms with van der Waals surface area (Å²) in [6.07, 6.45) is 4.26. The third kappa shape index (κ3) is 3.22. The molecule has 0 spiro atoms. The molecule has 1 aliphatic carbocycles. The van der Waals surface area contributed by atoms with Gasteiger partial charge in [0.1, 0.15) is 0 Å². The molecular weight excluding hydrogens is 298 g/mol. The van der Waals surface area contributed by atoms with Gasteiger partial charge in [-0.15, -0.1) is 17.0 Å². The summed E-state index contributed by atoms with van der Waals surface area (Å²) in [7, 11) is 0. The Hall–Kier alpha value is -0.340. The van der Waals surface area contributed by atoms with Crippen molar-refractivity contribution in [3.05, 3.63) is 35.9 Å². The molecule has 2 fully saturated rings. The first-order valence-electron chi connectivity index (χ1n) is 7.46. The SMILES string of the molecule is Br.CC1CN(CC2CC2)CCC1(C)c1ccccc1. The minimum atomic E-state index is 0. The first-order valence-corrected chi connectivity index (χ1v) is 7.46. The van der Waals surface area contributed by atoms with Crippen molar-refractivity contribution in [2.75, 3.05) is 19.6 Å². The Kier molecular flexibility index (Phi) is 4.73. The summed E-state index contributed by atoms with van der Waals surface area (Å²) in [5.74, 6) is 1.78. The van der Waals surface area contributed by atoms with Crippen molar-refractivity contribution < 1.29 is 0 Å². The van der Waals surface area contributed by atoms with Crippen LogP contribution in [0.25, 0.3) is 0 Å². The van der Waals surface area contributed by atoms with Gasteiger partial charge in [0.15, 0.2) is 0 Å². The largest absolute Gasteiger partial charge is 0.303 e. The number of piperidine rings is 1. The van der Waals surface area contributed by atoms with Crippen molar-refractivity contribution in [1.82, 2.24) is 4.90 Å². The Morgan fingerprint density at radius 2 is 1.89 bits per heavy atom. The van der Waals surface area contributed by atoms with Crippen molar-refractivity contribution in [1.29, 1.82) is 0 Å². The van der Waals surface area contributed by atoms with E-state index >= 15 is 0 Å². The van der Waals surface area contributed by atoms with E-state index in [-0.39, 0.29) is 17.0 Å². The molecular formula is C17H26BrN. The zero-order valence-corrected chi connectivity index (χ0v) is 13.9. The Morgan fingerprint density at radius 1 is 1.21 bits per heavy atom. The Morgan fingerprint density at radius 3 is 2.47 bits per heavy atom. The Labute approximate surface area is 128 Å². The summed E-state index contributed by atoms with van der Waals surface area (Å²) in [6, 6.07) is 11.1. The molecule has 2 aliphatic rings. The van der Waals surface area contributed by atoms with Crippen LogP contribution in [0.15, 0.2) is 30.3 Å². The first kappa shape index (κ1) is 15.1. The minimum Gasteiger partial charge on any atom is -0.303 e. The van der Waals surface area contributed by atoms with Crippen LogP contribution in [0.5, 0.6) is 0 Å². The summed E-state index contributed by atoms with van der Waals surface area (Å²) < 4.78 is 0. The lowest BCUT2D eigenvalue weighted by Gasteiger charge is -2.45. The van der Waals surface area contributed by atoms with Gasteiger partial charge in [0.25, 0.3) is 0 Å². The number of likely N-dealkylation sites (tertiary alicyclic amines) is 1. The molecule has 0 radical (unpaired) electrons. The normalized spacial score (nSPS) is 31.8. The van der Waals surface area contributed by atoms with E-state index in [1.165, 1.54) is 44.5 Å². The van der Waals surface area contributed by atoms with Gasteiger partial charge in [-0.05, 0) is 48.6 Å². The summed E-state index contributed by atoms with van der Waals surface area (Å²) in [5, 5.41) is 0. The summed E-state index contributed by atoms with van der Waals surface area (Å²) >= 11 is 0. The zero-order valence-electron chi connectivity index (χ0n) is 12.1. The molecule has 1 aromatic carbocycles. The third-order valence-corrected chi connectivity index (χ3v) is 5.21. The molecule has 1 aromatic rings. The van der Waals surface area contributed by atoms with Gasteiger partial charge < -0.3 is 4.90 Å². The van der Waals surface area contributed by atoms with Gasteiger partial charge in [0.05, 0.1) is 0 Å². The van der Waals surface area contributed by atoms with Gasteiger partial charge in [-0.3, -0.25) is 0 Å². The molecule has 1 saturated heterocycles. The van der Waals surface area contributed by atoms with Crippen LogP contribution < -0.4 is 0 Å². The number of rotatable bonds is 3. The number of halogens is 1. The van der Waals surface area contributed by atoms with Gasteiger partial charge in [0.2, 0.25) is 0 Å². The molecule has 3 rings (SSSR count). The maximum atomic E-state index is 2.70. The average molecular weight is 324 g/mol. The molecule has 1 nitrogen and oxygen atoms in total. The monoisotopic (exact) mass is 323 g/mol. The molecule has 2 heteroatoms. The smallest absolute Gasteiger partial charge is 0.00156 e. The molecule has 106 valence electrons. The van der Waals surface area contributed by atoms with Crippen molar-refractivity contribution in [3.8, 4) is 0 Å². The summed E-state index contributed by atoms with van der Waals surface area (Å²) in [4.78, 5) is 2.70. The second-order valence-corrected chi connectivity index (χ2v) is 6.64. The van der Waals surface area contributed by atoms with Crippen LogP contribution in [0.3, 0.4) is 0 Å². The zero-order chi connectivity index (χ0) is 12.6. The highest BCUT2D eigenvalue weighted by Crippen LogP contribution is 2.40. The molecule has 19 heavy (non-hydrogen) atoms. The standard InChI is InChI=1S/C17H25N.BrH/c1-14-12-18(13-15-8-9-15)11-10-17(14,2)16-6-4-3-5-7-16;/h3-7,14-15H,8-13H2,1-2H3;1H. The maximum Gasteiger partial charge on any atom is 0.00156 e. The second-order valence-electron chi connectivity index (χ2n) is 6.64. The van der Waals surface area contributed by atoms with Gasteiger partial charge in [-0.1, -0.05) is 44.2 Å². The number of nitrogens with zero attached hydrogens (tertiary/aromatic N) is 1. The van der Waals surface area contributed by atoms with Gasteiger partial charge in [0, 0.05) is 13.1 Å². The predicted octanol–water partition coefficient (Wildman–Crippen LogP) is 4.27. The molecule has 0 bridgehead atoms. The Balaban J connectivity index is 0.00000133. The van der Waals surface area contributed by atoms with Crippen LogP contribution in [0, 0.1) is 11.8 Å². The number of hydrogen-bond donors (Lipinski definition) is 0. The maximum absolute atomic E-state index is 2.70. The quantitative estimate of drug-likeness (QED) is 0.802. The van der Waals surface area contributed by atoms with Gasteiger partial charge >= 0.3 is 0 Å². The number of hydrogen-bond acceptors (Lipinski definition) is 1. The second kappa shape index (κ2) is 5.97. The fourth-order valence-corrected chi connectivity index (χ4v) is 3.40. The van der Waals surface area contributed by atoms with E-state index in [0.29, 0.717) is 5.41 Å². The molecule has 0 N–H and O–H groups in total. The molecule has 1 aliphatic heterocycles.